The summed E-state index contributed by atoms with van der Waals surface area (Å²) in [5, 5.41) is 7.64. The van der Waals surface area contributed by atoms with Crippen LogP contribution in [0, 0.1) is 0 Å². The van der Waals surface area contributed by atoms with Crippen molar-refractivity contribution in [2.75, 3.05) is 0 Å². The van der Waals surface area contributed by atoms with Crippen molar-refractivity contribution in [3.05, 3.63) is 29.4 Å². The van der Waals surface area contributed by atoms with Gasteiger partial charge in [0.05, 0.1) is 4.88 Å². The van der Waals surface area contributed by atoms with Gasteiger partial charge in [-0.3, -0.25) is 4.98 Å². The summed E-state index contributed by atoms with van der Waals surface area (Å²) in [6.45, 7) is 7.23. The molecule has 2 aromatic heterocycles. The second-order valence-corrected chi connectivity index (χ2v) is 5.72. The van der Waals surface area contributed by atoms with E-state index < -0.39 is 0 Å². The first kappa shape index (κ1) is 12.1. The van der Waals surface area contributed by atoms with Gasteiger partial charge in [0, 0.05) is 30.0 Å². The Balaban J connectivity index is 2.18. The zero-order valence-electron chi connectivity index (χ0n) is 10.3. The van der Waals surface area contributed by atoms with Crippen molar-refractivity contribution in [3.63, 3.8) is 0 Å². The summed E-state index contributed by atoms with van der Waals surface area (Å²) in [4.78, 5) is 5.17. The standard InChI is InChI=1S/C12H16N4S/c1-12(2,3)14-8-10-11(15-16-17-10)9-4-6-13-7-5-9/h4-7,14H,8H2,1-3H3. The van der Waals surface area contributed by atoms with E-state index in [9.17, 15) is 0 Å². The van der Waals surface area contributed by atoms with Crippen molar-refractivity contribution in [3.8, 4) is 11.3 Å². The molecule has 17 heavy (non-hydrogen) atoms. The SMILES string of the molecule is CC(C)(C)NCc1snnc1-c1ccncc1. The summed E-state index contributed by atoms with van der Waals surface area (Å²) in [7, 11) is 0. The molecule has 0 aliphatic heterocycles. The molecule has 0 fully saturated rings. The van der Waals surface area contributed by atoms with Gasteiger partial charge in [0.2, 0.25) is 0 Å². The molecule has 0 amide bonds. The van der Waals surface area contributed by atoms with Crippen molar-refractivity contribution in [1.82, 2.24) is 19.9 Å². The first-order chi connectivity index (χ1) is 8.06. The fourth-order valence-electron chi connectivity index (χ4n) is 1.40. The van der Waals surface area contributed by atoms with Gasteiger partial charge in [0.1, 0.15) is 5.69 Å². The van der Waals surface area contributed by atoms with Crippen molar-refractivity contribution in [2.24, 2.45) is 0 Å². The summed E-state index contributed by atoms with van der Waals surface area (Å²) in [6.07, 6.45) is 3.55. The maximum absolute atomic E-state index is 4.19. The van der Waals surface area contributed by atoms with Gasteiger partial charge in [-0.05, 0) is 44.4 Å². The number of rotatable bonds is 3. The highest BCUT2D eigenvalue weighted by atomic mass is 32.1. The van der Waals surface area contributed by atoms with Crippen molar-refractivity contribution in [2.45, 2.75) is 32.9 Å². The molecule has 0 saturated carbocycles. The second kappa shape index (κ2) is 4.89. The quantitative estimate of drug-likeness (QED) is 0.906. The summed E-state index contributed by atoms with van der Waals surface area (Å²) < 4.78 is 4.03. The Bertz CT molecular complexity index is 473. The summed E-state index contributed by atoms with van der Waals surface area (Å²) >= 11 is 1.44. The monoisotopic (exact) mass is 248 g/mol. The number of aromatic nitrogens is 3. The molecule has 1 N–H and O–H groups in total. The Morgan fingerprint density at radius 1 is 1.24 bits per heavy atom. The zero-order chi connectivity index (χ0) is 12.3. The molecular weight excluding hydrogens is 232 g/mol. The molecular formula is C12H16N4S. The minimum Gasteiger partial charge on any atom is -0.307 e. The minimum absolute atomic E-state index is 0.0967. The Kier molecular flexibility index (Phi) is 3.49. The molecule has 0 aliphatic rings. The highest BCUT2D eigenvalue weighted by molar-refractivity contribution is 7.05. The van der Waals surface area contributed by atoms with E-state index in [4.69, 9.17) is 0 Å². The topological polar surface area (TPSA) is 50.7 Å². The van der Waals surface area contributed by atoms with E-state index in [0.717, 1.165) is 22.7 Å². The molecule has 0 spiro atoms. The van der Waals surface area contributed by atoms with Gasteiger partial charge < -0.3 is 5.32 Å². The molecule has 0 saturated heterocycles. The average Bonchev–Trinajstić information content (AvgIpc) is 2.75. The Hall–Kier alpha value is -1.33. The Morgan fingerprint density at radius 3 is 2.59 bits per heavy atom. The zero-order valence-corrected chi connectivity index (χ0v) is 11.1. The molecule has 0 aromatic carbocycles. The van der Waals surface area contributed by atoms with E-state index in [0.29, 0.717) is 0 Å². The lowest BCUT2D eigenvalue weighted by molar-refractivity contribution is 0.426. The Labute approximate surface area is 105 Å². The van der Waals surface area contributed by atoms with Crippen LogP contribution >= 0.6 is 11.5 Å². The van der Waals surface area contributed by atoms with Crippen LogP contribution in [-0.4, -0.2) is 20.1 Å². The summed E-state index contributed by atoms with van der Waals surface area (Å²) in [5.74, 6) is 0. The van der Waals surface area contributed by atoms with Gasteiger partial charge in [-0.1, -0.05) is 4.49 Å². The molecule has 4 nitrogen and oxygen atoms in total. The molecule has 2 aromatic rings. The van der Waals surface area contributed by atoms with E-state index in [2.05, 4.69) is 40.7 Å². The lowest BCUT2D eigenvalue weighted by atomic mass is 10.1. The summed E-state index contributed by atoms with van der Waals surface area (Å²) in [5.41, 5.74) is 2.12. The summed E-state index contributed by atoms with van der Waals surface area (Å²) in [6, 6.07) is 3.91. The van der Waals surface area contributed by atoms with Crippen LogP contribution in [0.2, 0.25) is 0 Å². The number of pyridine rings is 1. The van der Waals surface area contributed by atoms with Gasteiger partial charge in [-0.15, -0.1) is 5.10 Å². The maximum atomic E-state index is 4.19. The van der Waals surface area contributed by atoms with Crippen LogP contribution in [0.25, 0.3) is 11.3 Å². The molecule has 0 atom stereocenters. The highest BCUT2D eigenvalue weighted by Gasteiger charge is 2.14. The largest absolute Gasteiger partial charge is 0.307 e. The Morgan fingerprint density at radius 2 is 1.94 bits per heavy atom. The van der Waals surface area contributed by atoms with Gasteiger partial charge in [0.15, 0.2) is 0 Å². The fourth-order valence-corrected chi connectivity index (χ4v) is 2.00. The lowest BCUT2D eigenvalue weighted by Gasteiger charge is -2.19. The second-order valence-electron chi connectivity index (χ2n) is 4.88. The molecule has 0 radical (unpaired) electrons. The van der Waals surface area contributed by atoms with Crippen LogP contribution in [0.4, 0.5) is 0 Å². The average molecular weight is 248 g/mol. The van der Waals surface area contributed by atoms with Crippen LogP contribution in [0.3, 0.4) is 0 Å². The van der Waals surface area contributed by atoms with Crippen LogP contribution in [0.5, 0.6) is 0 Å². The van der Waals surface area contributed by atoms with Crippen LogP contribution < -0.4 is 5.32 Å². The van der Waals surface area contributed by atoms with Gasteiger partial charge >= 0.3 is 0 Å². The highest BCUT2D eigenvalue weighted by Crippen LogP contribution is 2.23. The van der Waals surface area contributed by atoms with E-state index in [-0.39, 0.29) is 5.54 Å². The third-order valence-corrected chi connectivity index (χ3v) is 3.01. The molecule has 2 heterocycles. The van der Waals surface area contributed by atoms with E-state index >= 15 is 0 Å². The van der Waals surface area contributed by atoms with Crippen molar-refractivity contribution >= 4 is 11.5 Å². The first-order valence-corrected chi connectivity index (χ1v) is 6.30. The number of hydrogen-bond donors (Lipinski definition) is 1. The molecule has 90 valence electrons. The number of hydrogen-bond acceptors (Lipinski definition) is 5. The third kappa shape index (κ3) is 3.31. The van der Waals surface area contributed by atoms with Crippen LogP contribution in [0.1, 0.15) is 25.6 Å². The van der Waals surface area contributed by atoms with E-state index in [1.54, 1.807) is 12.4 Å². The number of nitrogens with zero attached hydrogens (tertiary/aromatic N) is 3. The predicted molar refractivity (Wildman–Crippen MR) is 69.7 cm³/mol. The predicted octanol–water partition coefficient (Wildman–Crippen LogP) is 2.49. The van der Waals surface area contributed by atoms with Gasteiger partial charge in [0.25, 0.3) is 0 Å². The molecule has 0 aliphatic carbocycles. The van der Waals surface area contributed by atoms with Crippen LogP contribution in [0.15, 0.2) is 24.5 Å². The normalized spacial score (nSPS) is 11.7. The lowest BCUT2D eigenvalue weighted by Crippen LogP contribution is -2.34. The van der Waals surface area contributed by atoms with Gasteiger partial charge in [-0.25, -0.2) is 0 Å². The smallest absolute Gasteiger partial charge is 0.110 e. The molecule has 0 bridgehead atoms. The maximum Gasteiger partial charge on any atom is 0.110 e. The molecule has 5 heteroatoms. The van der Waals surface area contributed by atoms with Crippen molar-refractivity contribution in [1.29, 1.82) is 0 Å². The number of nitrogens with one attached hydrogen (secondary N) is 1. The first-order valence-electron chi connectivity index (χ1n) is 5.53. The van der Waals surface area contributed by atoms with E-state index in [1.807, 2.05) is 12.1 Å². The van der Waals surface area contributed by atoms with Crippen LogP contribution in [-0.2, 0) is 6.54 Å². The molecule has 2 rings (SSSR count). The third-order valence-electron chi connectivity index (χ3n) is 2.29. The van der Waals surface area contributed by atoms with E-state index in [1.165, 1.54) is 11.5 Å². The minimum atomic E-state index is 0.0967. The molecule has 0 unspecified atom stereocenters. The van der Waals surface area contributed by atoms with Crippen molar-refractivity contribution < 1.29 is 0 Å². The fraction of sp³-hybridized carbons (Fsp3) is 0.417. The van der Waals surface area contributed by atoms with Gasteiger partial charge in [-0.2, -0.15) is 0 Å².